The van der Waals surface area contributed by atoms with Gasteiger partial charge in [0.2, 0.25) is 5.91 Å². The number of nitrogens with zero attached hydrogens (tertiary/aromatic N) is 3. The van der Waals surface area contributed by atoms with Crippen LogP contribution < -0.4 is 19.1 Å². The summed E-state index contributed by atoms with van der Waals surface area (Å²) in [6.45, 7) is 4.22. The first-order valence-corrected chi connectivity index (χ1v) is 11.9. The molecule has 5 rings (SSSR count). The van der Waals surface area contributed by atoms with Crippen molar-refractivity contribution in [2.45, 2.75) is 25.8 Å². The standard InChI is InChI=1S/C28H29N3O4/c1-3-34-22-14-12-21(13-15-22)31-19-20(18-27(31)32)28-29-23-8-4-5-9-24(23)30(28)16-17-35-26-11-7-6-10-25(26)33-2/h4-15,20H,3,16-19H2,1-2H3. The van der Waals surface area contributed by atoms with Crippen LogP contribution in [0.25, 0.3) is 11.0 Å². The van der Waals surface area contributed by atoms with Crippen LogP contribution in [0.1, 0.15) is 25.1 Å². The van der Waals surface area contributed by atoms with Gasteiger partial charge in [-0.15, -0.1) is 0 Å². The number of aromatic nitrogens is 2. The molecule has 1 fully saturated rings. The molecule has 7 nitrogen and oxygen atoms in total. The normalized spacial score (nSPS) is 15.5. The predicted molar refractivity (Wildman–Crippen MR) is 136 cm³/mol. The number of para-hydroxylation sites is 4. The molecule has 3 aromatic carbocycles. The van der Waals surface area contributed by atoms with E-state index in [0.29, 0.717) is 44.2 Å². The second-order valence-electron chi connectivity index (χ2n) is 8.44. The van der Waals surface area contributed by atoms with Crippen LogP contribution in [-0.4, -0.2) is 42.3 Å². The maximum Gasteiger partial charge on any atom is 0.227 e. The largest absolute Gasteiger partial charge is 0.494 e. The van der Waals surface area contributed by atoms with Crippen LogP contribution in [0, 0.1) is 0 Å². The van der Waals surface area contributed by atoms with Crippen molar-refractivity contribution in [2.75, 3.05) is 31.8 Å². The van der Waals surface area contributed by atoms with Gasteiger partial charge in [-0.1, -0.05) is 24.3 Å². The zero-order chi connectivity index (χ0) is 24.2. The number of carbonyl (C=O) groups excluding carboxylic acids is 1. The number of benzene rings is 3. The van der Waals surface area contributed by atoms with E-state index in [4.69, 9.17) is 19.2 Å². The van der Waals surface area contributed by atoms with Gasteiger partial charge in [0.1, 0.15) is 18.2 Å². The number of amides is 1. The van der Waals surface area contributed by atoms with E-state index in [2.05, 4.69) is 10.6 Å². The first-order chi connectivity index (χ1) is 17.2. The maximum absolute atomic E-state index is 13.0. The molecule has 0 bridgehead atoms. The first-order valence-electron chi connectivity index (χ1n) is 11.9. The molecule has 35 heavy (non-hydrogen) atoms. The van der Waals surface area contributed by atoms with Gasteiger partial charge in [-0.3, -0.25) is 4.79 Å². The molecule has 1 atom stereocenters. The molecule has 4 aromatic rings. The molecule has 2 heterocycles. The lowest BCUT2D eigenvalue weighted by molar-refractivity contribution is -0.117. The van der Waals surface area contributed by atoms with Crippen LogP contribution in [-0.2, 0) is 11.3 Å². The fraction of sp³-hybridized carbons (Fsp3) is 0.286. The Hall–Kier alpha value is -4.00. The Morgan fingerprint density at radius 3 is 2.46 bits per heavy atom. The van der Waals surface area contributed by atoms with Crippen LogP contribution in [0.4, 0.5) is 5.69 Å². The predicted octanol–water partition coefficient (Wildman–Crippen LogP) is 5.04. The van der Waals surface area contributed by atoms with Gasteiger partial charge in [-0.05, 0) is 55.5 Å². The van der Waals surface area contributed by atoms with E-state index < -0.39 is 0 Å². The van der Waals surface area contributed by atoms with Crippen molar-refractivity contribution in [3.8, 4) is 17.2 Å². The Balaban J connectivity index is 1.37. The molecule has 0 saturated carbocycles. The summed E-state index contributed by atoms with van der Waals surface area (Å²) in [6, 6.07) is 23.4. The van der Waals surface area contributed by atoms with Gasteiger partial charge in [-0.25, -0.2) is 4.98 Å². The van der Waals surface area contributed by atoms with Gasteiger partial charge >= 0.3 is 0 Å². The molecule has 1 amide bonds. The molecule has 1 unspecified atom stereocenters. The van der Waals surface area contributed by atoms with Crippen molar-refractivity contribution in [3.63, 3.8) is 0 Å². The highest BCUT2D eigenvalue weighted by atomic mass is 16.5. The number of imidazole rings is 1. The van der Waals surface area contributed by atoms with E-state index in [9.17, 15) is 4.79 Å². The fourth-order valence-electron chi connectivity index (χ4n) is 4.64. The van der Waals surface area contributed by atoms with Crippen molar-refractivity contribution in [1.29, 1.82) is 0 Å². The highest BCUT2D eigenvalue weighted by Crippen LogP contribution is 2.34. The zero-order valence-corrected chi connectivity index (χ0v) is 20.0. The molecule has 1 aromatic heterocycles. The number of anilines is 1. The topological polar surface area (TPSA) is 65.8 Å². The summed E-state index contributed by atoms with van der Waals surface area (Å²) < 4.78 is 19.2. The van der Waals surface area contributed by atoms with Gasteiger partial charge < -0.3 is 23.7 Å². The molecular weight excluding hydrogens is 442 g/mol. The SMILES string of the molecule is CCOc1ccc(N2CC(c3nc4ccccc4n3CCOc3ccccc3OC)CC2=O)cc1. The second kappa shape index (κ2) is 10.1. The van der Waals surface area contributed by atoms with E-state index >= 15 is 0 Å². The number of methoxy groups -OCH3 is 1. The highest BCUT2D eigenvalue weighted by Gasteiger charge is 2.34. The molecule has 1 saturated heterocycles. The van der Waals surface area contributed by atoms with Crippen molar-refractivity contribution < 1.29 is 19.0 Å². The van der Waals surface area contributed by atoms with Gasteiger partial charge in [0.15, 0.2) is 11.5 Å². The third kappa shape index (κ3) is 4.67. The number of carbonyl (C=O) groups is 1. The molecule has 1 aliphatic rings. The monoisotopic (exact) mass is 471 g/mol. The Kier molecular flexibility index (Phi) is 6.57. The Morgan fingerprint density at radius 1 is 0.943 bits per heavy atom. The summed E-state index contributed by atoms with van der Waals surface area (Å²) in [5.41, 5.74) is 2.84. The lowest BCUT2D eigenvalue weighted by Crippen LogP contribution is -2.24. The fourth-order valence-corrected chi connectivity index (χ4v) is 4.64. The average Bonchev–Trinajstić information content (AvgIpc) is 3.45. The minimum Gasteiger partial charge on any atom is -0.494 e. The third-order valence-electron chi connectivity index (χ3n) is 6.28. The summed E-state index contributed by atoms with van der Waals surface area (Å²) in [4.78, 5) is 19.8. The van der Waals surface area contributed by atoms with Crippen LogP contribution in [0.5, 0.6) is 17.2 Å². The Bertz CT molecular complexity index is 1320. The summed E-state index contributed by atoms with van der Waals surface area (Å²) in [5, 5.41) is 0. The van der Waals surface area contributed by atoms with E-state index in [-0.39, 0.29) is 11.8 Å². The minimum absolute atomic E-state index is 0.00673. The lowest BCUT2D eigenvalue weighted by Gasteiger charge is -2.18. The molecule has 1 aliphatic heterocycles. The number of fused-ring (bicyclic) bond motifs is 1. The van der Waals surface area contributed by atoms with Crippen LogP contribution >= 0.6 is 0 Å². The molecule has 0 N–H and O–H groups in total. The molecule has 7 heteroatoms. The maximum atomic E-state index is 13.0. The lowest BCUT2D eigenvalue weighted by atomic mass is 10.1. The van der Waals surface area contributed by atoms with Crippen LogP contribution in [0.3, 0.4) is 0 Å². The zero-order valence-electron chi connectivity index (χ0n) is 20.0. The van der Waals surface area contributed by atoms with Crippen molar-refractivity contribution in [1.82, 2.24) is 9.55 Å². The summed E-state index contributed by atoms with van der Waals surface area (Å²) in [6.07, 6.45) is 0.421. The van der Waals surface area contributed by atoms with E-state index in [0.717, 1.165) is 28.3 Å². The molecular formula is C28H29N3O4. The quantitative estimate of drug-likeness (QED) is 0.342. The summed E-state index contributed by atoms with van der Waals surface area (Å²) >= 11 is 0. The van der Waals surface area contributed by atoms with Gasteiger partial charge in [-0.2, -0.15) is 0 Å². The number of hydrogen-bond donors (Lipinski definition) is 0. The average molecular weight is 472 g/mol. The third-order valence-corrected chi connectivity index (χ3v) is 6.28. The summed E-state index contributed by atoms with van der Waals surface area (Å²) in [5.74, 6) is 3.22. The van der Waals surface area contributed by atoms with E-state index in [1.165, 1.54) is 0 Å². The Labute approximate surface area is 204 Å². The second-order valence-corrected chi connectivity index (χ2v) is 8.44. The van der Waals surface area contributed by atoms with Crippen molar-refractivity contribution in [3.05, 3.63) is 78.6 Å². The van der Waals surface area contributed by atoms with Crippen molar-refractivity contribution in [2.24, 2.45) is 0 Å². The number of hydrogen-bond acceptors (Lipinski definition) is 5. The van der Waals surface area contributed by atoms with E-state index in [1.54, 1.807) is 7.11 Å². The molecule has 0 spiro atoms. The highest BCUT2D eigenvalue weighted by molar-refractivity contribution is 5.96. The molecule has 180 valence electrons. The van der Waals surface area contributed by atoms with E-state index in [1.807, 2.05) is 78.6 Å². The molecule has 0 aliphatic carbocycles. The van der Waals surface area contributed by atoms with Gasteiger partial charge in [0.05, 0.1) is 31.3 Å². The number of ether oxygens (including phenoxy) is 3. The molecule has 0 radical (unpaired) electrons. The first kappa shape index (κ1) is 22.8. The van der Waals surface area contributed by atoms with Crippen LogP contribution in [0.15, 0.2) is 72.8 Å². The smallest absolute Gasteiger partial charge is 0.227 e. The van der Waals surface area contributed by atoms with Crippen LogP contribution in [0.2, 0.25) is 0 Å². The Morgan fingerprint density at radius 2 is 1.69 bits per heavy atom. The summed E-state index contributed by atoms with van der Waals surface area (Å²) in [7, 11) is 1.64. The van der Waals surface area contributed by atoms with Crippen molar-refractivity contribution >= 4 is 22.6 Å². The number of rotatable bonds is 9. The minimum atomic E-state index is -0.00673. The van der Waals surface area contributed by atoms with Gasteiger partial charge in [0, 0.05) is 24.6 Å². The van der Waals surface area contributed by atoms with Gasteiger partial charge in [0.25, 0.3) is 0 Å².